The van der Waals surface area contributed by atoms with E-state index >= 15 is 0 Å². The molecule has 0 amide bonds. The van der Waals surface area contributed by atoms with Crippen LogP contribution in [-0.4, -0.2) is 29.3 Å². The minimum Gasteiger partial charge on any atom is -0.507 e. The van der Waals surface area contributed by atoms with Gasteiger partial charge in [0, 0.05) is 11.6 Å². The van der Waals surface area contributed by atoms with Gasteiger partial charge in [-0.1, -0.05) is 0 Å². The normalized spacial score (nSPS) is 12.8. The number of phenolic OH excluding ortho intramolecular Hbond substituents is 1. The average Bonchev–Trinajstić information content (AvgIpc) is 2.39. The van der Waals surface area contributed by atoms with Gasteiger partial charge in [-0.2, -0.15) is 0 Å². The molecule has 0 spiro atoms. The van der Waals surface area contributed by atoms with Gasteiger partial charge < -0.3 is 20.7 Å². The third-order valence-corrected chi connectivity index (χ3v) is 3.40. The number of phenols is 1. The summed E-state index contributed by atoms with van der Waals surface area (Å²) in [5.74, 6) is -1.78. The quantitative estimate of drug-likeness (QED) is 0.723. The molecule has 110 valence electrons. The van der Waals surface area contributed by atoms with Crippen molar-refractivity contribution in [1.82, 2.24) is 0 Å². The molecule has 0 saturated carbocycles. The Morgan fingerprint density at radius 2 is 1.90 bits per heavy atom. The Kier molecular flexibility index (Phi) is 4.39. The highest BCUT2D eigenvalue weighted by Gasteiger charge is 2.38. The largest absolute Gasteiger partial charge is 0.507 e. The van der Waals surface area contributed by atoms with E-state index < -0.39 is 23.4 Å². The highest BCUT2D eigenvalue weighted by atomic mass is 16.5. The molecular formula is C14H19NO5. The van der Waals surface area contributed by atoms with Crippen molar-refractivity contribution in [1.29, 1.82) is 0 Å². The summed E-state index contributed by atoms with van der Waals surface area (Å²) >= 11 is 0. The van der Waals surface area contributed by atoms with E-state index in [-0.39, 0.29) is 16.9 Å². The third-order valence-electron chi connectivity index (χ3n) is 3.40. The second-order valence-electron chi connectivity index (χ2n) is 5.23. The zero-order chi connectivity index (χ0) is 15.7. The average molecular weight is 281 g/mol. The van der Waals surface area contributed by atoms with Gasteiger partial charge in [0.15, 0.2) is 0 Å². The van der Waals surface area contributed by atoms with Crippen LogP contribution in [0.3, 0.4) is 0 Å². The molecule has 0 aliphatic heterocycles. The molecule has 0 aromatic heterocycles. The molecule has 0 heterocycles. The van der Waals surface area contributed by atoms with Crippen LogP contribution in [-0.2, 0) is 9.53 Å². The number of rotatable bonds is 4. The predicted molar refractivity (Wildman–Crippen MR) is 72.5 cm³/mol. The fraction of sp³-hybridized carbons (Fsp3) is 0.429. The first kappa shape index (κ1) is 16.0. The molecule has 1 aromatic carbocycles. The summed E-state index contributed by atoms with van der Waals surface area (Å²) in [6.07, 6.45) is 0. The van der Waals surface area contributed by atoms with Gasteiger partial charge in [0.05, 0.1) is 18.1 Å². The molecule has 1 rings (SSSR count). The Balaban J connectivity index is 3.38. The molecule has 4 N–H and O–H groups in total. The van der Waals surface area contributed by atoms with Crippen molar-refractivity contribution in [2.24, 2.45) is 11.1 Å². The predicted octanol–water partition coefficient (Wildman–Crippen LogP) is 1.60. The van der Waals surface area contributed by atoms with E-state index in [1.165, 1.54) is 19.2 Å². The molecule has 0 aliphatic carbocycles. The van der Waals surface area contributed by atoms with Gasteiger partial charge in [0.25, 0.3) is 0 Å². The number of hydrogen-bond donors (Lipinski definition) is 3. The number of carbonyl (C=O) groups is 2. The molecule has 0 unspecified atom stereocenters. The maximum atomic E-state index is 11.8. The van der Waals surface area contributed by atoms with Gasteiger partial charge >= 0.3 is 11.9 Å². The van der Waals surface area contributed by atoms with Gasteiger partial charge in [-0.3, -0.25) is 4.79 Å². The maximum absolute atomic E-state index is 11.8. The molecule has 0 bridgehead atoms. The van der Waals surface area contributed by atoms with Crippen molar-refractivity contribution in [3.63, 3.8) is 0 Å². The molecular weight excluding hydrogens is 262 g/mol. The lowest BCUT2D eigenvalue weighted by Gasteiger charge is -2.29. The fourth-order valence-corrected chi connectivity index (χ4v) is 1.95. The lowest BCUT2D eigenvalue weighted by molar-refractivity contribution is -0.152. The van der Waals surface area contributed by atoms with Crippen LogP contribution in [0.4, 0.5) is 0 Å². The van der Waals surface area contributed by atoms with E-state index in [2.05, 4.69) is 4.74 Å². The van der Waals surface area contributed by atoms with E-state index in [0.717, 1.165) is 0 Å². The van der Waals surface area contributed by atoms with Gasteiger partial charge in [0.1, 0.15) is 5.75 Å². The summed E-state index contributed by atoms with van der Waals surface area (Å²) in [4.78, 5) is 22.8. The number of carbonyl (C=O) groups excluding carboxylic acids is 1. The van der Waals surface area contributed by atoms with Crippen LogP contribution in [0.25, 0.3) is 0 Å². The minimum absolute atomic E-state index is 0.00594. The second-order valence-corrected chi connectivity index (χ2v) is 5.23. The van der Waals surface area contributed by atoms with Crippen LogP contribution in [0.2, 0.25) is 0 Å². The third kappa shape index (κ3) is 2.75. The summed E-state index contributed by atoms with van der Waals surface area (Å²) in [7, 11) is 1.25. The number of esters is 1. The molecule has 20 heavy (non-hydrogen) atoms. The number of aryl methyl sites for hydroxylation is 1. The summed E-state index contributed by atoms with van der Waals surface area (Å²) in [5.41, 5.74) is 5.53. The van der Waals surface area contributed by atoms with E-state index in [0.29, 0.717) is 5.56 Å². The Morgan fingerprint density at radius 1 is 1.35 bits per heavy atom. The highest BCUT2D eigenvalue weighted by molar-refractivity contribution is 5.88. The Hall–Kier alpha value is -2.08. The second kappa shape index (κ2) is 5.50. The van der Waals surface area contributed by atoms with Crippen molar-refractivity contribution in [3.05, 3.63) is 28.8 Å². The maximum Gasteiger partial charge on any atom is 0.335 e. The topological polar surface area (TPSA) is 110 Å². The number of benzene rings is 1. The van der Waals surface area contributed by atoms with Gasteiger partial charge in [-0.15, -0.1) is 0 Å². The fourth-order valence-electron chi connectivity index (χ4n) is 1.95. The van der Waals surface area contributed by atoms with Crippen LogP contribution < -0.4 is 5.73 Å². The van der Waals surface area contributed by atoms with Gasteiger partial charge in [-0.05, 0) is 38.5 Å². The summed E-state index contributed by atoms with van der Waals surface area (Å²) < 4.78 is 4.69. The van der Waals surface area contributed by atoms with E-state index in [4.69, 9.17) is 10.8 Å². The Labute approximate surface area is 117 Å². The lowest BCUT2D eigenvalue weighted by atomic mass is 9.80. The minimum atomic E-state index is -1.13. The van der Waals surface area contributed by atoms with Crippen molar-refractivity contribution in [3.8, 4) is 5.75 Å². The van der Waals surface area contributed by atoms with Crippen LogP contribution in [0.1, 0.15) is 41.4 Å². The zero-order valence-electron chi connectivity index (χ0n) is 11.9. The molecule has 0 saturated heterocycles. The molecule has 0 radical (unpaired) electrons. The highest BCUT2D eigenvalue weighted by Crippen LogP contribution is 2.38. The van der Waals surface area contributed by atoms with E-state index in [1.807, 2.05) is 0 Å². The van der Waals surface area contributed by atoms with Crippen LogP contribution >= 0.6 is 0 Å². The lowest BCUT2D eigenvalue weighted by Crippen LogP contribution is -2.37. The van der Waals surface area contributed by atoms with Crippen LogP contribution in [0.5, 0.6) is 5.75 Å². The van der Waals surface area contributed by atoms with Crippen LogP contribution in [0, 0.1) is 12.3 Å². The Morgan fingerprint density at radius 3 is 2.35 bits per heavy atom. The zero-order valence-corrected chi connectivity index (χ0v) is 11.9. The number of carboxylic acids is 1. The van der Waals surface area contributed by atoms with Crippen molar-refractivity contribution < 1.29 is 24.5 Å². The van der Waals surface area contributed by atoms with Crippen molar-refractivity contribution in [2.75, 3.05) is 7.11 Å². The summed E-state index contributed by atoms with van der Waals surface area (Å²) in [6, 6.07) is 1.73. The van der Waals surface area contributed by atoms with E-state index in [1.54, 1.807) is 20.8 Å². The number of carboxylic acid groups (broad SMARTS) is 1. The number of methoxy groups -OCH3 is 1. The van der Waals surface area contributed by atoms with Crippen molar-refractivity contribution >= 4 is 11.9 Å². The summed E-state index contributed by atoms with van der Waals surface area (Å²) in [5, 5.41) is 19.1. The summed E-state index contributed by atoms with van der Waals surface area (Å²) in [6.45, 7) is 4.72. The molecule has 6 nitrogen and oxygen atoms in total. The first-order valence-electron chi connectivity index (χ1n) is 6.03. The van der Waals surface area contributed by atoms with Gasteiger partial charge in [0.2, 0.25) is 0 Å². The van der Waals surface area contributed by atoms with Crippen LogP contribution in [0.15, 0.2) is 12.1 Å². The standard InChI is InChI=1S/C14H19NO5/c1-7-5-8(12(17)18)6-9(10(7)16)11(15)14(2,3)13(19)20-4/h5-6,11,16H,15H2,1-4H3,(H,17,18)/t11-/m1/s1. The molecule has 0 fully saturated rings. The first-order chi connectivity index (χ1) is 9.12. The number of aromatic hydroxyl groups is 1. The van der Waals surface area contributed by atoms with Gasteiger partial charge in [-0.25, -0.2) is 4.79 Å². The number of ether oxygens (including phenoxy) is 1. The molecule has 6 heteroatoms. The SMILES string of the molecule is COC(=O)C(C)(C)[C@H](N)c1cc(C(=O)O)cc(C)c1O. The number of hydrogen-bond acceptors (Lipinski definition) is 5. The molecule has 1 aromatic rings. The first-order valence-corrected chi connectivity index (χ1v) is 6.03. The monoisotopic (exact) mass is 281 g/mol. The number of nitrogens with two attached hydrogens (primary N) is 1. The number of aromatic carboxylic acids is 1. The van der Waals surface area contributed by atoms with Crippen molar-refractivity contribution in [2.45, 2.75) is 26.8 Å². The molecule has 0 aliphatic rings. The Bertz CT molecular complexity index is 551. The molecule has 1 atom stereocenters. The smallest absolute Gasteiger partial charge is 0.335 e. The van der Waals surface area contributed by atoms with E-state index in [9.17, 15) is 14.7 Å².